The third-order valence-corrected chi connectivity index (χ3v) is 5.08. The molecule has 2 aromatic rings. The van der Waals surface area contributed by atoms with Gasteiger partial charge in [0.2, 0.25) is 5.91 Å². The number of halogens is 1. The van der Waals surface area contributed by atoms with E-state index in [-0.39, 0.29) is 18.0 Å². The Labute approximate surface area is 150 Å². The lowest BCUT2D eigenvalue weighted by molar-refractivity contribution is -0.130. The fourth-order valence-corrected chi connectivity index (χ4v) is 3.61. The van der Waals surface area contributed by atoms with E-state index >= 15 is 0 Å². The Morgan fingerprint density at radius 2 is 2.16 bits per heavy atom. The van der Waals surface area contributed by atoms with Crippen molar-refractivity contribution in [1.82, 2.24) is 14.5 Å². The molecule has 0 unspecified atom stereocenters. The molecule has 6 heteroatoms. The van der Waals surface area contributed by atoms with Crippen LogP contribution in [0.15, 0.2) is 41.1 Å². The second-order valence-electron chi connectivity index (χ2n) is 6.78. The molecule has 0 N–H and O–H groups in total. The number of carbonyl (C=O) groups is 1. The maximum absolute atomic E-state index is 12.9. The summed E-state index contributed by atoms with van der Waals surface area (Å²) in [5.41, 5.74) is 1.49. The average Bonchev–Trinajstić information content (AvgIpc) is 3.44. The molecule has 2 aliphatic rings. The third-order valence-electron chi connectivity index (χ3n) is 4.85. The predicted octanol–water partition coefficient (Wildman–Crippen LogP) is 3.50. The van der Waals surface area contributed by atoms with Crippen LogP contribution >= 0.6 is 11.6 Å². The summed E-state index contributed by atoms with van der Waals surface area (Å²) in [4.78, 5) is 31.8. The molecule has 25 heavy (non-hydrogen) atoms. The van der Waals surface area contributed by atoms with E-state index < -0.39 is 0 Å². The number of allylic oxidation sites excluding steroid dienone is 2. The Morgan fingerprint density at radius 3 is 2.88 bits per heavy atom. The quantitative estimate of drug-likeness (QED) is 0.841. The van der Waals surface area contributed by atoms with Gasteiger partial charge in [0.1, 0.15) is 6.54 Å². The van der Waals surface area contributed by atoms with Crippen LogP contribution in [-0.2, 0) is 11.3 Å². The molecule has 0 aliphatic heterocycles. The zero-order valence-electron chi connectivity index (χ0n) is 13.9. The van der Waals surface area contributed by atoms with Crippen molar-refractivity contribution in [2.24, 2.45) is 0 Å². The molecule has 4 rings (SSSR count). The molecule has 0 saturated heterocycles. The van der Waals surface area contributed by atoms with Gasteiger partial charge >= 0.3 is 0 Å². The molecule has 1 saturated carbocycles. The predicted molar refractivity (Wildman–Crippen MR) is 97.4 cm³/mol. The van der Waals surface area contributed by atoms with Crippen LogP contribution in [0.3, 0.4) is 0 Å². The van der Waals surface area contributed by atoms with Gasteiger partial charge in [0.15, 0.2) is 0 Å². The fraction of sp³-hybridized carbons (Fsp3) is 0.421. The Hall–Kier alpha value is -2.14. The molecule has 0 bridgehead atoms. The lowest BCUT2D eigenvalue weighted by Crippen LogP contribution is -2.38. The molecule has 0 radical (unpaired) electrons. The maximum atomic E-state index is 12.9. The first-order valence-electron chi connectivity index (χ1n) is 8.79. The first-order chi connectivity index (χ1) is 12.1. The molecule has 1 amide bonds. The van der Waals surface area contributed by atoms with E-state index in [9.17, 15) is 9.59 Å². The molecule has 0 atom stereocenters. The van der Waals surface area contributed by atoms with Crippen LogP contribution in [0.1, 0.15) is 38.5 Å². The number of hydrogen-bond donors (Lipinski definition) is 0. The summed E-state index contributed by atoms with van der Waals surface area (Å²) in [6.07, 6.45) is 10.0. The minimum Gasteiger partial charge on any atom is -0.312 e. The molecule has 1 heterocycles. The highest BCUT2D eigenvalue weighted by molar-refractivity contribution is 6.31. The van der Waals surface area contributed by atoms with E-state index in [1.54, 1.807) is 18.2 Å². The highest BCUT2D eigenvalue weighted by Gasteiger charge is 2.35. The Bertz CT molecular complexity index is 915. The van der Waals surface area contributed by atoms with Crippen LogP contribution in [0, 0.1) is 0 Å². The SMILES string of the molecule is O=C(Cn1cnc2ccc(Cl)cc2c1=O)N(C1=CCCCC1)C1CC1. The van der Waals surface area contributed by atoms with Gasteiger partial charge in [-0.25, -0.2) is 4.98 Å². The van der Waals surface area contributed by atoms with E-state index in [0.29, 0.717) is 22.0 Å². The van der Waals surface area contributed by atoms with E-state index in [1.165, 1.54) is 17.3 Å². The number of nitrogens with zero attached hydrogens (tertiary/aromatic N) is 3. The van der Waals surface area contributed by atoms with Gasteiger partial charge in [0, 0.05) is 16.8 Å². The zero-order chi connectivity index (χ0) is 17.4. The normalized spacial score (nSPS) is 17.4. The molecule has 1 aromatic heterocycles. The summed E-state index contributed by atoms with van der Waals surface area (Å²) in [7, 11) is 0. The number of aromatic nitrogens is 2. The van der Waals surface area contributed by atoms with E-state index in [1.807, 2.05) is 4.90 Å². The summed E-state index contributed by atoms with van der Waals surface area (Å²) >= 11 is 5.99. The molecule has 0 spiro atoms. The summed E-state index contributed by atoms with van der Waals surface area (Å²) in [6.45, 7) is 0.0160. The molecule has 1 fully saturated rings. The molecule has 2 aliphatic carbocycles. The van der Waals surface area contributed by atoms with Crippen LogP contribution in [0.2, 0.25) is 5.02 Å². The van der Waals surface area contributed by atoms with Crippen molar-refractivity contribution in [3.8, 4) is 0 Å². The standard InChI is InChI=1S/C19H20ClN3O2/c20-13-6-9-17-16(10-13)19(25)22(12-21-17)11-18(24)23(15-7-8-15)14-4-2-1-3-5-14/h4,6,9-10,12,15H,1-3,5,7-8,11H2. The smallest absolute Gasteiger partial charge is 0.261 e. The monoisotopic (exact) mass is 357 g/mol. The van der Waals surface area contributed by atoms with Gasteiger partial charge in [-0.05, 0) is 56.7 Å². The van der Waals surface area contributed by atoms with Gasteiger partial charge in [0.05, 0.1) is 17.2 Å². The summed E-state index contributed by atoms with van der Waals surface area (Å²) in [5, 5.41) is 0.931. The van der Waals surface area contributed by atoms with Crippen molar-refractivity contribution < 1.29 is 4.79 Å². The fourth-order valence-electron chi connectivity index (χ4n) is 3.44. The zero-order valence-corrected chi connectivity index (χ0v) is 14.7. The highest BCUT2D eigenvalue weighted by atomic mass is 35.5. The highest BCUT2D eigenvalue weighted by Crippen LogP contribution is 2.33. The number of rotatable bonds is 4. The van der Waals surface area contributed by atoms with Crippen molar-refractivity contribution in [1.29, 1.82) is 0 Å². The third kappa shape index (κ3) is 3.33. The summed E-state index contributed by atoms with van der Waals surface area (Å²) in [5.74, 6) is -0.0269. The minimum absolute atomic E-state index is 0.0160. The molecular formula is C19H20ClN3O2. The molecular weight excluding hydrogens is 338 g/mol. The second-order valence-corrected chi connectivity index (χ2v) is 7.21. The first-order valence-corrected chi connectivity index (χ1v) is 9.17. The van der Waals surface area contributed by atoms with Crippen LogP contribution in [0.5, 0.6) is 0 Å². The van der Waals surface area contributed by atoms with Crippen molar-refractivity contribution in [3.05, 3.63) is 51.7 Å². The van der Waals surface area contributed by atoms with Gasteiger partial charge in [-0.15, -0.1) is 0 Å². The van der Waals surface area contributed by atoms with E-state index in [2.05, 4.69) is 11.1 Å². The lowest BCUT2D eigenvalue weighted by atomic mass is 10.0. The lowest BCUT2D eigenvalue weighted by Gasteiger charge is -2.28. The van der Waals surface area contributed by atoms with E-state index in [4.69, 9.17) is 11.6 Å². The second kappa shape index (κ2) is 6.64. The van der Waals surface area contributed by atoms with Gasteiger partial charge in [-0.3, -0.25) is 14.2 Å². The van der Waals surface area contributed by atoms with Crippen molar-refractivity contribution in [2.75, 3.05) is 0 Å². The van der Waals surface area contributed by atoms with Crippen LogP contribution in [-0.4, -0.2) is 26.4 Å². The van der Waals surface area contributed by atoms with Gasteiger partial charge in [0.25, 0.3) is 5.56 Å². The van der Waals surface area contributed by atoms with Gasteiger partial charge in [-0.2, -0.15) is 0 Å². The van der Waals surface area contributed by atoms with Crippen molar-refractivity contribution in [3.63, 3.8) is 0 Å². The molecule has 130 valence electrons. The Balaban J connectivity index is 1.63. The summed E-state index contributed by atoms with van der Waals surface area (Å²) < 4.78 is 1.39. The number of fused-ring (bicyclic) bond motifs is 1. The average molecular weight is 358 g/mol. The van der Waals surface area contributed by atoms with Crippen molar-refractivity contribution in [2.45, 2.75) is 51.1 Å². The Morgan fingerprint density at radius 1 is 1.32 bits per heavy atom. The minimum atomic E-state index is -0.228. The summed E-state index contributed by atoms with van der Waals surface area (Å²) in [6, 6.07) is 5.33. The van der Waals surface area contributed by atoms with Gasteiger partial charge < -0.3 is 4.90 Å². The molecule has 5 nitrogen and oxygen atoms in total. The van der Waals surface area contributed by atoms with Gasteiger partial charge in [-0.1, -0.05) is 17.7 Å². The maximum Gasteiger partial charge on any atom is 0.261 e. The number of carbonyl (C=O) groups excluding carboxylic acids is 1. The number of benzene rings is 1. The van der Waals surface area contributed by atoms with Crippen LogP contribution in [0.25, 0.3) is 10.9 Å². The Kier molecular flexibility index (Phi) is 4.34. The van der Waals surface area contributed by atoms with Crippen molar-refractivity contribution >= 4 is 28.4 Å². The number of amides is 1. The number of hydrogen-bond acceptors (Lipinski definition) is 3. The molecule has 1 aromatic carbocycles. The topological polar surface area (TPSA) is 55.2 Å². The van der Waals surface area contributed by atoms with E-state index in [0.717, 1.165) is 37.8 Å². The first kappa shape index (κ1) is 16.3. The van der Waals surface area contributed by atoms with Crippen LogP contribution < -0.4 is 5.56 Å². The largest absolute Gasteiger partial charge is 0.312 e. The van der Waals surface area contributed by atoms with Crippen LogP contribution in [0.4, 0.5) is 0 Å².